The summed E-state index contributed by atoms with van der Waals surface area (Å²) in [6, 6.07) is 9.70. The second kappa shape index (κ2) is 9.76. The molecule has 4 heterocycles. The minimum absolute atomic E-state index is 0.222. The van der Waals surface area contributed by atoms with Crippen LogP contribution < -0.4 is 16.4 Å². The van der Waals surface area contributed by atoms with Gasteiger partial charge in [0.25, 0.3) is 0 Å². The molecule has 8 nitrogen and oxygen atoms in total. The van der Waals surface area contributed by atoms with Crippen LogP contribution in [0.3, 0.4) is 0 Å². The molecule has 1 fully saturated rings. The summed E-state index contributed by atoms with van der Waals surface area (Å²) < 4.78 is 1.88. The monoisotopic (exact) mass is 469 g/mol. The van der Waals surface area contributed by atoms with E-state index in [2.05, 4.69) is 33.7 Å². The Morgan fingerprint density at radius 2 is 2.17 bits per heavy atom. The van der Waals surface area contributed by atoms with Crippen molar-refractivity contribution in [1.82, 2.24) is 19.9 Å². The number of anilines is 1. The van der Waals surface area contributed by atoms with Gasteiger partial charge in [0.2, 0.25) is 0 Å². The molecule has 0 unspecified atom stereocenters. The normalized spacial score (nSPS) is 16.2. The third-order valence-electron chi connectivity index (χ3n) is 6.64. The van der Waals surface area contributed by atoms with Gasteiger partial charge in [-0.2, -0.15) is 5.10 Å². The zero-order valence-electron chi connectivity index (χ0n) is 20.1. The molecule has 1 atom stereocenters. The van der Waals surface area contributed by atoms with Gasteiger partial charge in [0.15, 0.2) is 0 Å². The predicted molar refractivity (Wildman–Crippen MR) is 141 cm³/mol. The van der Waals surface area contributed by atoms with Crippen LogP contribution >= 0.6 is 0 Å². The van der Waals surface area contributed by atoms with Crippen LogP contribution in [0.15, 0.2) is 60.1 Å². The average Bonchev–Trinajstić information content (AvgIpc) is 3.53. The van der Waals surface area contributed by atoms with Crippen LogP contribution in [0, 0.1) is 6.92 Å². The predicted octanol–water partition coefficient (Wildman–Crippen LogP) is 4.17. The van der Waals surface area contributed by atoms with Crippen LogP contribution in [-0.4, -0.2) is 44.7 Å². The molecule has 3 aromatic heterocycles. The number of nitrogens with zero attached hydrogens (tertiary/aromatic N) is 4. The van der Waals surface area contributed by atoms with Crippen molar-refractivity contribution in [1.29, 1.82) is 0 Å². The summed E-state index contributed by atoms with van der Waals surface area (Å²) in [5, 5.41) is 21.7. The number of aromatic nitrogens is 3. The lowest BCUT2D eigenvalue weighted by Crippen LogP contribution is -2.30. The van der Waals surface area contributed by atoms with Gasteiger partial charge in [0.1, 0.15) is 11.6 Å². The summed E-state index contributed by atoms with van der Waals surface area (Å²) in [6.45, 7) is 5.94. The fraction of sp³-hybridized carbons (Fsp3) is 0.296. The Bertz CT molecular complexity index is 1390. The Hall–Kier alpha value is -3.91. The molecule has 0 aliphatic carbocycles. The largest absolute Gasteiger partial charge is 0.508 e. The number of aromatic hydroxyl groups is 1. The smallest absolute Gasteiger partial charge is 0.135 e. The molecule has 5 rings (SSSR count). The Morgan fingerprint density at radius 3 is 2.94 bits per heavy atom. The van der Waals surface area contributed by atoms with Crippen molar-refractivity contribution in [3.63, 3.8) is 0 Å². The zero-order valence-corrected chi connectivity index (χ0v) is 20.1. The average molecular weight is 470 g/mol. The Balaban J connectivity index is 1.60. The number of phenolic OH excluding ortho intramolecular Hbond substituents is 1. The number of nitrogens with two attached hydrogens (primary N) is 1. The first kappa shape index (κ1) is 22.9. The number of aryl methyl sites for hydroxylation is 2. The fourth-order valence-corrected chi connectivity index (χ4v) is 4.66. The summed E-state index contributed by atoms with van der Waals surface area (Å²) in [5.41, 5.74) is 14.1. The highest BCUT2D eigenvalue weighted by molar-refractivity contribution is 6.06. The highest BCUT2D eigenvalue weighted by Gasteiger charge is 2.19. The first-order valence-corrected chi connectivity index (χ1v) is 12.1. The van der Waals surface area contributed by atoms with E-state index in [1.54, 1.807) is 30.6 Å². The number of hydrogen-bond acceptors (Lipinski definition) is 6. The van der Waals surface area contributed by atoms with E-state index in [0.29, 0.717) is 11.9 Å². The van der Waals surface area contributed by atoms with E-state index in [1.165, 1.54) is 6.42 Å². The number of pyridine rings is 1. The van der Waals surface area contributed by atoms with Crippen LogP contribution in [0.5, 0.6) is 5.75 Å². The molecule has 0 amide bonds. The number of amidine groups is 1. The lowest BCUT2D eigenvalue weighted by atomic mass is 10.1. The quantitative estimate of drug-likeness (QED) is 0.239. The first-order chi connectivity index (χ1) is 17.0. The maximum atomic E-state index is 9.86. The van der Waals surface area contributed by atoms with Crippen LogP contribution in [-0.2, 0) is 6.42 Å². The maximum Gasteiger partial charge on any atom is 0.135 e. The molecule has 0 radical (unpaired) electrons. The van der Waals surface area contributed by atoms with Crippen molar-refractivity contribution in [3.05, 3.63) is 71.8 Å². The third-order valence-corrected chi connectivity index (χ3v) is 6.64. The minimum Gasteiger partial charge on any atom is -0.508 e. The number of rotatable bonds is 7. The highest BCUT2D eigenvalue weighted by atomic mass is 16.3. The molecule has 1 aliphatic rings. The Kier molecular flexibility index (Phi) is 6.37. The lowest BCUT2D eigenvalue weighted by Gasteiger charge is -2.17. The molecule has 0 bridgehead atoms. The van der Waals surface area contributed by atoms with E-state index in [1.807, 2.05) is 29.9 Å². The van der Waals surface area contributed by atoms with Gasteiger partial charge in [-0.05, 0) is 74.2 Å². The van der Waals surface area contributed by atoms with Crippen molar-refractivity contribution in [2.24, 2.45) is 10.7 Å². The van der Waals surface area contributed by atoms with E-state index in [-0.39, 0.29) is 5.75 Å². The molecule has 4 aromatic rings. The van der Waals surface area contributed by atoms with Crippen LogP contribution in [0.1, 0.15) is 36.5 Å². The number of phenols is 1. The minimum atomic E-state index is 0.222. The molecule has 0 spiro atoms. The second-order valence-corrected chi connectivity index (χ2v) is 9.02. The maximum absolute atomic E-state index is 9.86. The van der Waals surface area contributed by atoms with Crippen molar-refractivity contribution >= 4 is 22.7 Å². The van der Waals surface area contributed by atoms with Crippen molar-refractivity contribution in [2.45, 2.75) is 39.2 Å². The highest BCUT2D eigenvalue weighted by Crippen LogP contribution is 2.31. The van der Waals surface area contributed by atoms with Crippen LogP contribution in [0.2, 0.25) is 0 Å². The molecular formula is C27H31N7O. The number of aliphatic imine (C=N–C) groups is 1. The van der Waals surface area contributed by atoms with E-state index in [9.17, 15) is 5.11 Å². The van der Waals surface area contributed by atoms with Gasteiger partial charge in [-0.25, -0.2) is 9.51 Å². The molecule has 1 saturated heterocycles. The molecule has 180 valence electrons. The van der Waals surface area contributed by atoms with Crippen molar-refractivity contribution in [3.8, 4) is 16.9 Å². The molecule has 0 saturated carbocycles. The van der Waals surface area contributed by atoms with E-state index in [0.717, 1.165) is 70.6 Å². The van der Waals surface area contributed by atoms with Gasteiger partial charge in [0.05, 0.1) is 28.7 Å². The lowest BCUT2D eigenvalue weighted by molar-refractivity contribution is 0.474. The number of hydrogen-bond donors (Lipinski definition) is 4. The standard InChI is InChI=1S/C27H31N7O/c1-3-18-11-21(35)6-7-24(18)33-27(28)23-15-32-34-16-19(22-14-29-10-8-17(22)2)12-25(34)26(23)31-13-20-5-4-9-30-20/h6-8,10-12,14-16,20,30-31,35H,3-5,9,13H2,1-2H3,(H2,28,33)/t20-/m1/s1. The topological polar surface area (TPSA) is 113 Å². The molecular weight excluding hydrogens is 438 g/mol. The second-order valence-electron chi connectivity index (χ2n) is 9.02. The van der Waals surface area contributed by atoms with E-state index in [4.69, 9.17) is 10.7 Å². The van der Waals surface area contributed by atoms with Crippen molar-refractivity contribution < 1.29 is 5.11 Å². The summed E-state index contributed by atoms with van der Waals surface area (Å²) >= 11 is 0. The summed E-state index contributed by atoms with van der Waals surface area (Å²) in [7, 11) is 0. The van der Waals surface area contributed by atoms with Crippen LogP contribution in [0.4, 0.5) is 11.4 Å². The molecule has 1 aliphatic heterocycles. The molecule has 35 heavy (non-hydrogen) atoms. The number of nitrogens with one attached hydrogen (secondary N) is 2. The molecule has 5 N–H and O–H groups in total. The van der Waals surface area contributed by atoms with Gasteiger partial charge < -0.3 is 21.5 Å². The Labute approximate surface area is 204 Å². The zero-order chi connectivity index (χ0) is 24.4. The van der Waals surface area contributed by atoms with Crippen molar-refractivity contribution in [2.75, 3.05) is 18.4 Å². The van der Waals surface area contributed by atoms with Gasteiger partial charge in [-0.15, -0.1) is 0 Å². The van der Waals surface area contributed by atoms with Gasteiger partial charge in [-0.1, -0.05) is 6.92 Å². The third kappa shape index (κ3) is 4.70. The summed E-state index contributed by atoms with van der Waals surface area (Å²) in [5.74, 6) is 0.600. The molecule has 8 heteroatoms. The molecule has 1 aromatic carbocycles. The van der Waals surface area contributed by atoms with Gasteiger partial charge >= 0.3 is 0 Å². The van der Waals surface area contributed by atoms with Gasteiger partial charge in [0, 0.05) is 42.3 Å². The SMILES string of the molecule is CCc1cc(O)ccc1/N=C(\N)c1cnn2cc(-c3cnccc3C)cc2c1NC[C@H]1CCCN1. The number of benzene rings is 1. The fourth-order valence-electron chi connectivity index (χ4n) is 4.66. The first-order valence-electron chi connectivity index (χ1n) is 12.1. The van der Waals surface area contributed by atoms with Crippen LogP contribution in [0.25, 0.3) is 16.6 Å². The van der Waals surface area contributed by atoms with E-state index >= 15 is 0 Å². The summed E-state index contributed by atoms with van der Waals surface area (Å²) in [6.07, 6.45) is 10.5. The van der Waals surface area contributed by atoms with Gasteiger partial charge in [-0.3, -0.25) is 4.98 Å². The summed E-state index contributed by atoms with van der Waals surface area (Å²) in [4.78, 5) is 9.04. The number of fused-ring (bicyclic) bond motifs is 1. The Morgan fingerprint density at radius 1 is 1.29 bits per heavy atom. The van der Waals surface area contributed by atoms with E-state index < -0.39 is 0 Å².